The van der Waals surface area contributed by atoms with Gasteiger partial charge in [0.15, 0.2) is 0 Å². The third-order valence-electron chi connectivity index (χ3n) is 7.83. The van der Waals surface area contributed by atoms with Crippen LogP contribution < -0.4 is 0 Å². The molecule has 2 fully saturated rings. The lowest BCUT2D eigenvalue weighted by Gasteiger charge is -2.38. The number of unbranched alkanes of at least 4 members (excludes halogenated alkanes) is 1. The molecule has 0 aromatic carbocycles. The van der Waals surface area contributed by atoms with Crippen LogP contribution in [0.2, 0.25) is 0 Å². The fourth-order valence-corrected chi connectivity index (χ4v) is 6.26. The molecular weight excluding hydrogens is 436 g/mol. The average molecular weight is 475 g/mol. The van der Waals surface area contributed by atoms with E-state index in [0.717, 1.165) is 19.3 Å². The van der Waals surface area contributed by atoms with Crippen LogP contribution in [-0.2, 0) is 23.9 Å². The van der Waals surface area contributed by atoms with E-state index in [9.17, 15) is 19.5 Å². The summed E-state index contributed by atoms with van der Waals surface area (Å²) in [5, 5.41) is 9.29. The maximum atomic E-state index is 14.1. The highest BCUT2D eigenvalue weighted by Gasteiger charge is 2.74. The van der Waals surface area contributed by atoms with Gasteiger partial charge in [-0.3, -0.25) is 14.4 Å². The van der Waals surface area contributed by atoms with Gasteiger partial charge in [0.05, 0.1) is 18.1 Å². The fraction of sp³-hybridized carbons (Fsp3) is 0.731. The zero-order chi connectivity index (χ0) is 24.5. The molecule has 4 aliphatic heterocycles. The fourth-order valence-electron chi connectivity index (χ4n) is 6.26. The number of aliphatic hydroxyl groups excluding tert-OH is 1. The first-order chi connectivity index (χ1) is 16.3. The minimum atomic E-state index is -1.24. The predicted molar refractivity (Wildman–Crippen MR) is 126 cm³/mol. The molecule has 0 aromatic heterocycles. The van der Waals surface area contributed by atoms with Gasteiger partial charge < -0.3 is 24.4 Å². The molecule has 6 atom stereocenters. The van der Waals surface area contributed by atoms with Gasteiger partial charge in [0.1, 0.15) is 17.6 Å². The number of carbonyl (C=O) groups is 3. The third-order valence-corrected chi connectivity index (χ3v) is 7.83. The first-order valence-corrected chi connectivity index (χ1v) is 12.7. The van der Waals surface area contributed by atoms with Gasteiger partial charge in [0.2, 0.25) is 11.8 Å². The van der Waals surface area contributed by atoms with Crippen LogP contribution in [0.15, 0.2) is 24.3 Å². The highest BCUT2D eigenvalue weighted by atomic mass is 16.6. The number of fused-ring (bicyclic) bond motifs is 2. The lowest BCUT2D eigenvalue weighted by atomic mass is 9.74. The molecule has 1 spiro atoms. The number of hydrogen-bond donors (Lipinski definition) is 1. The minimum Gasteiger partial charge on any atom is -0.465 e. The number of aliphatic hydroxyl groups is 1. The molecule has 4 rings (SSSR count). The second kappa shape index (κ2) is 9.82. The summed E-state index contributed by atoms with van der Waals surface area (Å²) in [6.07, 6.45) is 12.0. The molecule has 1 N–H and O–H groups in total. The quantitative estimate of drug-likeness (QED) is 0.345. The average Bonchev–Trinajstić information content (AvgIpc) is 3.13. The van der Waals surface area contributed by atoms with Crippen LogP contribution >= 0.6 is 0 Å². The van der Waals surface area contributed by atoms with Crippen LogP contribution in [0.3, 0.4) is 0 Å². The van der Waals surface area contributed by atoms with Crippen LogP contribution in [0.25, 0.3) is 0 Å². The molecule has 0 radical (unpaired) electrons. The molecular formula is C26H38N2O6. The van der Waals surface area contributed by atoms with Crippen LogP contribution in [0.1, 0.15) is 59.3 Å². The smallest absolute Gasteiger partial charge is 0.313 e. The van der Waals surface area contributed by atoms with Crippen LogP contribution in [0.5, 0.6) is 0 Å². The van der Waals surface area contributed by atoms with Gasteiger partial charge in [-0.2, -0.15) is 0 Å². The van der Waals surface area contributed by atoms with Crippen LogP contribution in [0, 0.1) is 11.8 Å². The zero-order valence-corrected chi connectivity index (χ0v) is 20.6. The van der Waals surface area contributed by atoms with Crippen LogP contribution in [-0.4, -0.2) is 82.3 Å². The van der Waals surface area contributed by atoms with Crippen molar-refractivity contribution in [3.63, 3.8) is 0 Å². The van der Waals surface area contributed by atoms with Gasteiger partial charge in [0.25, 0.3) is 0 Å². The Labute approximate surface area is 201 Å². The van der Waals surface area contributed by atoms with E-state index in [0.29, 0.717) is 39.0 Å². The number of hydrogen-bond acceptors (Lipinski definition) is 6. The molecule has 2 amide bonds. The Kier molecular flexibility index (Phi) is 7.20. The van der Waals surface area contributed by atoms with Crippen molar-refractivity contribution in [2.45, 2.75) is 82.6 Å². The van der Waals surface area contributed by atoms with Gasteiger partial charge >= 0.3 is 5.97 Å². The number of amides is 2. The van der Waals surface area contributed by atoms with Crippen molar-refractivity contribution < 1.29 is 29.0 Å². The van der Waals surface area contributed by atoms with Crippen molar-refractivity contribution in [1.82, 2.24) is 9.80 Å². The molecule has 0 saturated carbocycles. The number of cyclic esters (lactones) is 1. The number of rotatable bonds is 7. The molecule has 2 unspecified atom stereocenters. The zero-order valence-electron chi connectivity index (χ0n) is 20.6. The molecule has 4 heterocycles. The normalized spacial score (nSPS) is 37.2. The van der Waals surface area contributed by atoms with Crippen molar-refractivity contribution in [3.05, 3.63) is 24.3 Å². The van der Waals surface area contributed by atoms with E-state index in [1.165, 1.54) is 0 Å². The second-order valence-corrected chi connectivity index (χ2v) is 10.2. The lowest BCUT2D eigenvalue weighted by molar-refractivity contribution is -0.160. The summed E-state index contributed by atoms with van der Waals surface area (Å²) < 4.78 is 12.3. The number of nitrogens with zero attached hydrogens (tertiary/aromatic N) is 2. The molecule has 0 bridgehead atoms. The number of ether oxygens (including phenoxy) is 2. The number of esters is 1. The summed E-state index contributed by atoms with van der Waals surface area (Å²) in [5.41, 5.74) is -2.29. The number of carbonyl (C=O) groups excluding carboxylic acids is 3. The largest absolute Gasteiger partial charge is 0.465 e. The first kappa shape index (κ1) is 24.9. The highest BCUT2D eigenvalue weighted by Crippen LogP contribution is 2.57. The lowest BCUT2D eigenvalue weighted by Crippen LogP contribution is -2.57. The van der Waals surface area contributed by atoms with Crippen molar-refractivity contribution in [1.29, 1.82) is 0 Å². The van der Waals surface area contributed by atoms with E-state index in [-0.39, 0.29) is 24.5 Å². The highest BCUT2D eigenvalue weighted by molar-refractivity contribution is 5.99. The van der Waals surface area contributed by atoms with Crippen LogP contribution in [0.4, 0.5) is 0 Å². The van der Waals surface area contributed by atoms with Gasteiger partial charge in [-0.1, -0.05) is 37.6 Å². The van der Waals surface area contributed by atoms with E-state index in [1.54, 1.807) is 4.90 Å². The summed E-state index contributed by atoms with van der Waals surface area (Å²) in [6, 6.07) is -0.833. The second-order valence-electron chi connectivity index (χ2n) is 10.2. The summed E-state index contributed by atoms with van der Waals surface area (Å²) in [7, 11) is 0. The maximum absolute atomic E-state index is 14.1. The van der Waals surface area contributed by atoms with E-state index < -0.39 is 35.0 Å². The number of allylic oxidation sites excluding steroid dienone is 1. The van der Waals surface area contributed by atoms with E-state index in [2.05, 4.69) is 6.92 Å². The van der Waals surface area contributed by atoms with Gasteiger partial charge in [-0.15, -0.1) is 0 Å². The Balaban J connectivity index is 1.81. The van der Waals surface area contributed by atoms with Gasteiger partial charge in [-0.25, -0.2) is 0 Å². The van der Waals surface area contributed by atoms with Crippen molar-refractivity contribution >= 4 is 17.8 Å². The molecule has 34 heavy (non-hydrogen) atoms. The van der Waals surface area contributed by atoms with Crippen molar-refractivity contribution in [2.24, 2.45) is 11.8 Å². The standard InChI is InChI=1S/C26H38N2O6/c1-4-11-18(2)27-15-10-13-26-19(22(30)28(14-7-8-16-29)21(26)23(27)31)20-24(32)33-17-9-5-6-12-25(20,3)34-26/h6,10,12-13,18-21,29H,4-5,7-9,11,14-17H2,1-3H3/b12-6-/t18?,19-,20+,21?,25-,26-/m0/s1. The third kappa shape index (κ3) is 3.98. The Morgan fingerprint density at radius 1 is 1.15 bits per heavy atom. The van der Waals surface area contributed by atoms with Crippen molar-refractivity contribution in [2.75, 3.05) is 26.3 Å². The Bertz CT molecular complexity index is 871. The molecule has 188 valence electrons. The molecule has 0 aliphatic carbocycles. The van der Waals surface area contributed by atoms with E-state index in [4.69, 9.17) is 9.47 Å². The minimum absolute atomic E-state index is 0.0170. The number of likely N-dealkylation sites (tertiary alicyclic amines) is 1. The van der Waals surface area contributed by atoms with E-state index >= 15 is 0 Å². The molecule has 4 aliphatic rings. The van der Waals surface area contributed by atoms with Crippen molar-refractivity contribution in [3.8, 4) is 0 Å². The van der Waals surface area contributed by atoms with Gasteiger partial charge in [0, 0.05) is 25.7 Å². The molecule has 8 nitrogen and oxygen atoms in total. The maximum Gasteiger partial charge on any atom is 0.313 e. The predicted octanol–water partition coefficient (Wildman–Crippen LogP) is 2.21. The summed E-state index contributed by atoms with van der Waals surface area (Å²) in [4.78, 5) is 44.8. The Morgan fingerprint density at radius 2 is 1.94 bits per heavy atom. The summed E-state index contributed by atoms with van der Waals surface area (Å²) in [6.45, 7) is 7.03. The molecule has 0 aromatic rings. The van der Waals surface area contributed by atoms with E-state index in [1.807, 2.05) is 43.1 Å². The topological polar surface area (TPSA) is 96.4 Å². The summed E-state index contributed by atoms with van der Waals surface area (Å²) >= 11 is 0. The molecule has 2 saturated heterocycles. The Morgan fingerprint density at radius 3 is 2.68 bits per heavy atom. The SMILES string of the molecule is CCCC(C)N1CC=C[C@]23O[C@@]4(C)/C=C\CCCOC(=O)[C@H]4[C@H]2C(=O)N(CCCCO)C3C1=O. The summed E-state index contributed by atoms with van der Waals surface area (Å²) in [5.74, 6) is -2.51. The van der Waals surface area contributed by atoms with Gasteiger partial charge in [-0.05, 0) is 46.0 Å². The Hall–Kier alpha value is -2.19. The molecule has 8 heteroatoms. The first-order valence-electron chi connectivity index (χ1n) is 12.7. The monoisotopic (exact) mass is 474 g/mol.